The van der Waals surface area contributed by atoms with Gasteiger partial charge in [-0.2, -0.15) is 4.31 Å². The summed E-state index contributed by atoms with van der Waals surface area (Å²) in [6, 6.07) is 11.9. The van der Waals surface area contributed by atoms with Crippen LogP contribution in [0.25, 0.3) is 0 Å². The molecule has 1 N–H and O–H groups in total. The Bertz CT molecular complexity index is 1020. The van der Waals surface area contributed by atoms with Crippen molar-refractivity contribution in [2.45, 2.75) is 37.6 Å². The van der Waals surface area contributed by atoms with Crippen LogP contribution in [0.5, 0.6) is 11.5 Å². The zero-order valence-electron chi connectivity index (χ0n) is 18.4. The third kappa shape index (κ3) is 5.19. The summed E-state index contributed by atoms with van der Waals surface area (Å²) in [5.74, 6) is 0.750. The van der Waals surface area contributed by atoms with E-state index in [2.05, 4.69) is 5.32 Å². The molecule has 1 aliphatic heterocycles. The predicted molar refractivity (Wildman–Crippen MR) is 119 cm³/mol. The van der Waals surface area contributed by atoms with E-state index in [1.54, 1.807) is 50.6 Å². The Balaban J connectivity index is 1.72. The molecule has 2 atom stereocenters. The number of amides is 1. The zero-order valence-corrected chi connectivity index (χ0v) is 19.2. The fourth-order valence-corrected chi connectivity index (χ4v) is 5.34. The molecule has 0 aromatic heterocycles. The van der Waals surface area contributed by atoms with E-state index in [0.29, 0.717) is 30.9 Å². The number of carbonyl (C=O) groups is 1. The summed E-state index contributed by atoms with van der Waals surface area (Å²) in [5.41, 5.74) is 1.80. The van der Waals surface area contributed by atoms with E-state index in [1.165, 1.54) is 4.31 Å². The van der Waals surface area contributed by atoms with Crippen LogP contribution in [0.2, 0.25) is 0 Å². The van der Waals surface area contributed by atoms with Crippen LogP contribution < -0.4 is 14.8 Å². The first-order valence-electron chi connectivity index (χ1n) is 10.4. The molecule has 168 valence electrons. The van der Waals surface area contributed by atoms with Crippen molar-refractivity contribution in [2.24, 2.45) is 5.92 Å². The van der Waals surface area contributed by atoms with Crippen LogP contribution in [0.3, 0.4) is 0 Å². The standard InChI is InChI=1S/C23H30N2O5S/c1-16-7-10-20(11-8-16)31(27,28)25-13-5-6-18(15-25)23(26)24-17(2)21-14-19(29-3)9-12-22(21)30-4/h7-12,14,17-18H,5-6,13,15H2,1-4H3,(H,24,26)/t17-,18+/m1/s1. The average molecular weight is 447 g/mol. The fourth-order valence-electron chi connectivity index (χ4n) is 3.82. The van der Waals surface area contributed by atoms with Crippen molar-refractivity contribution in [3.05, 3.63) is 53.6 Å². The van der Waals surface area contributed by atoms with Crippen molar-refractivity contribution in [1.82, 2.24) is 9.62 Å². The molecule has 0 radical (unpaired) electrons. The van der Waals surface area contributed by atoms with Crippen molar-refractivity contribution in [3.63, 3.8) is 0 Å². The lowest BCUT2D eigenvalue weighted by Gasteiger charge is -2.32. The normalized spacial score (nSPS) is 18.3. The van der Waals surface area contributed by atoms with E-state index in [0.717, 1.165) is 11.1 Å². The Kier molecular flexibility index (Phi) is 7.23. The number of carbonyl (C=O) groups excluding carboxylic acids is 1. The number of nitrogens with zero attached hydrogens (tertiary/aromatic N) is 1. The molecule has 0 saturated carbocycles. The van der Waals surface area contributed by atoms with Gasteiger partial charge in [-0.15, -0.1) is 0 Å². The molecule has 1 amide bonds. The van der Waals surface area contributed by atoms with E-state index in [4.69, 9.17) is 9.47 Å². The molecule has 1 heterocycles. The van der Waals surface area contributed by atoms with E-state index >= 15 is 0 Å². The second-order valence-corrected chi connectivity index (χ2v) is 9.79. The highest BCUT2D eigenvalue weighted by molar-refractivity contribution is 7.89. The Morgan fingerprint density at radius 1 is 1.13 bits per heavy atom. The molecular formula is C23H30N2O5S. The van der Waals surface area contributed by atoms with Gasteiger partial charge in [-0.3, -0.25) is 4.79 Å². The van der Waals surface area contributed by atoms with Crippen LogP contribution >= 0.6 is 0 Å². The third-order valence-corrected chi connectivity index (χ3v) is 7.56. The second-order valence-electron chi connectivity index (χ2n) is 7.85. The van der Waals surface area contributed by atoms with Gasteiger partial charge in [-0.05, 0) is 57.0 Å². The summed E-state index contributed by atoms with van der Waals surface area (Å²) in [7, 11) is -0.467. The predicted octanol–water partition coefficient (Wildman–Crippen LogP) is 3.29. The van der Waals surface area contributed by atoms with Gasteiger partial charge in [0.05, 0.1) is 31.1 Å². The minimum absolute atomic E-state index is 0.166. The summed E-state index contributed by atoms with van der Waals surface area (Å²) < 4.78 is 38.2. The van der Waals surface area contributed by atoms with Crippen molar-refractivity contribution < 1.29 is 22.7 Å². The third-order valence-electron chi connectivity index (χ3n) is 5.68. The number of rotatable bonds is 7. The van der Waals surface area contributed by atoms with Gasteiger partial charge in [-0.1, -0.05) is 17.7 Å². The van der Waals surface area contributed by atoms with Gasteiger partial charge in [0.1, 0.15) is 11.5 Å². The lowest BCUT2D eigenvalue weighted by Crippen LogP contribution is -2.45. The number of methoxy groups -OCH3 is 2. The van der Waals surface area contributed by atoms with Gasteiger partial charge in [0.2, 0.25) is 15.9 Å². The lowest BCUT2D eigenvalue weighted by molar-refractivity contribution is -0.126. The van der Waals surface area contributed by atoms with Crippen LogP contribution in [0, 0.1) is 12.8 Å². The van der Waals surface area contributed by atoms with E-state index in [1.807, 2.05) is 19.9 Å². The molecule has 1 fully saturated rings. The lowest BCUT2D eigenvalue weighted by atomic mass is 9.97. The summed E-state index contributed by atoms with van der Waals surface area (Å²) in [6.45, 7) is 4.37. The quantitative estimate of drug-likeness (QED) is 0.706. The fraction of sp³-hybridized carbons (Fsp3) is 0.435. The first-order valence-corrected chi connectivity index (χ1v) is 11.8. The van der Waals surface area contributed by atoms with Crippen LogP contribution in [0.1, 0.15) is 36.9 Å². The van der Waals surface area contributed by atoms with Gasteiger partial charge in [0.15, 0.2) is 0 Å². The maximum Gasteiger partial charge on any atom is 0.243 e. The number of hydrogen-bond donors (Lipinski definition) is 1. The highest BCUT2D eigenvalue weighted by Gasteiger charge is 2.34. The average Bonchev–Trinajstić information content (AvgIpc) is 2.78. The van der Waals surface area contributed by atoms with Crippen molar-refractivity contribution in [1.29, 1.82) is 0 Å². The topological polar surface area (TPSA) is 84.9 Å². The van der Waals surface area contributed by atoms with E-state index < -0.39 is 15.9 Å². The first-order chi connectivity index (χ1) is 14.8. The smallest absolute Gasteiger partial charge is 0.243 e. The Labute approximate surface area is 184 Å². The Morgan fingerprint density at radius 2 is 1.84 bits per heavy atom. The van der Waals surface area contributed by atoms with Crippen LogP contribution in [-0.2, 0) is 14.8 Å². The molecule has 0 bridgehead atoms. The maximum atomic E-state index is 13.0. The molecule has 3 rings (SSSR count). The monoisotopic (exact) mass is 446 g/mol. The maximum absolute atomic E-state index is 13.0. The SMILES string of the molecule is COc1ccc(OC)c([C@@H](C)NC(=O)[C@H]2CCCN(S(=O)(=O)c3ccc(C)cc3)C2)c1. The molecule has 31 heavy (non-hydrogen) atoms. The Hall–Kier alpha value is -2.58. The minimum Gasteiger partial charge on any atom is -0.497 e. The molecule has 8 heteroatoms. The molecule has 2 aromatic rings. The van der Waals surface area contributed by atoms with E-state index in [9.17, 15) is 13.2 Å². The number of piperidine rings is 1. The number of ether oxygens (including phenoxy) is 2. The number of sulfonamides is 1. The van der Waals surface area contributed by atoms with Gasteiger partial charge < -0.3 is 14.8 Å². The molecule has 0 unspecified atom stereocenters. The highest BCUT2D eigenvalue weighted by atomic mass is 32.2. The molecule has 0 spiro atoms. The van der Waals surface area contributed by atoms with Crippen LogP contribution in [-0.4, -0.2) is 45.9 Å². The minimum atomic E-state index is -3.63. The van der Waals surface area contributed by atoms with Crippen LogP contribution in [0.15, 0.2) is 47.4 Å². The number of benzene rings is 2. The van der Waals surface area contributed by atoms with E-state index in [-0.39, 0.29) is 23.4 Å². The molecule has 7 nitrogen and oxygen atoms in total. The van der Waals surface area contributed by atoms with Gasteiger partial charge in [-0.25, -0.2) is 8.42 Å². The molecule has 0 aliphatic carbocycles. The summed E-state index contributed by atoms with van der Waals surface area (Å²) in [5, 5.41) is 3.02. The first kappa shape index (κ1) is 23.1. The molecule has 1 aliphatic rings. The van der Waals surface area contributed by atoms with Crippen molar-refractivity contribution >= 4 is 15.9 Å². The molecule has 2 aromatic carbocycles. The van der Waals surface area contributed by atoms with Gasteiger partial charge in [0.25, 0.3) is 0 Å². The largest absolute Gasteiger partial charge is 0.497 e. The Morgan fingerprint density at radius 3 is 2.48 bits per heavy atom. The van der Waals surface area contributed by atoms with Crippen LogP contribution in [0.4, 0.5) is 0 Å². The van der Waals surface area contributed by atoms with Crippen molar-refractivity contribution in [2.75, 3.05) is 27.3 Å². The second kappa shape index (κ2) is 9.70. The van der Waals surface area contributed by atoms with Gasteiger partial charge >= 0.3 is 0 Å². The summed E-state index contributed by atoms with van der Waals surface area (Å²) in [4.78, 5) is 13.2. The molecular weight excluding hydrogens is 416 g/mol. The number of nitrogens with one attached hydrogen (secondary N) is 1. The summed E-state index contributed by atoms with van der Waals surface area (Å²) in [6.07, 6.45) is 1.29. The number of hydrogen-bond acceptors (Lipinski definition) is 5. The number of aryl methyl sites for hydroxylation is 1. The highest BCUT2D eigenvalue weighted by Crippen LogP contribution is 2.30. The summed E-state index contributed by atoms with van der Waals surface area (Å²) >= 11 is 0. The van der Waals surface area contributed by atoms with Gasteiger partial charge in [0, 0.05) is 18.7 Å². The molecule has 1 saturated heterocycles. The zero-order chi connectivity index (χ0) is 22.6. The van der Waals surface area contributed by atoms with Crippen molar-refractivity contribution in [3.8, 4) is 11.5 Å².